The van der Waals surface area contributed by atoms with E-state index in [0.717, 1.165) is 0 Å². The molecule has 0 bridgehead atoms. The summed E-state index contributed by atoms with van der Waals surface area (Å²) in [5.74, 6) is -0.185. The van der Waals surface area contributed by atoms with E-state index in [0.29, 0.717) is 5.39 Å². The molecule has 1 heterocycles. The Kier molecular flexibility index (Phi) is 7.39. The molecule has 18 heavy (non-hydrogen) atoms. The first kappa shape index (κ1) is 18.4. The van der Waals surface area contributed by atoms with E-state index in [1.165, 1.54) is 30.3 Å². The van der Waals surface area contributed by atoms with Crippen molar-refractivity contribution < 1.29 is 82.4 Å². The predicted molar refractivity (Wildman–Crippen MR) is 50.7 cm³/mol. The molecular formula is C9H5Na2O6P. The molecule has 2 rings (SSSR count). The van der Waals surface area contributed by atoms with Crippen molar-refractivity contribution in [3.8, 4) is 5.75 Å². The Balaban J connectivity index is 0.00000144. The summed E-state index contributed by atoms with van der Waals surface area (Å²) >= 11 is 0. The summed E-state index contributed by atoms with van der Waals surface area (Å²) in [5.41, 5.74) is -0.421. The van der Waals surface area contributed by atoms with Crippen molar-refractivity contribution in [3.63, 3.8) is 0 Å². The summed E-state index contributed by atoms with van der Waals surface area (Å²) in [6.07, 6.45) is 0. The van der Waals surface area contributed by atoms with Gasteiger partial charge >= 0.3 is 64.7 Å². The van der Waals surface area contributed by atoms with E-state index in [9.17, 15) is 19.1 Å². The Morgan fingerprint density at radius 2 is 1.72 bits per heavy atom. The third-order valence-corrected chi connectivity index (χ3v) is 2.25. The summed E-state index contributed by atoms with van der Waals surface area (Å²) in [6, 6.07) is 6.68. The summed E-state index contributed by atoms with van der Waals surface area (Å²) in [7, 11) is -5.10. The zero-order valence-corrected chi connectivity index (χ0v) is 14.7. The number of hydrogen-bond acceptors (Lipinski definition) is 6. The van der Waals surface area contributed by atoms with Crippen LogP contribution in [0.2, 0.25) is 0 Å². The number of rotatable bonds is 2. The number of phosphoric ester groups is 1. The van der Waals surface area contributed by atoms with E-state index >= 15 is 0 Å². The zero-order chi connectivity index (χ0) is 11.8. The average molecular weight is 286 g/mol. The SMILES string of the molecule is O=c1ccc2ccc(OP(=O)([O-])[O-])cc2o1.[Na+].[Na+]. The van der Waals surface area contributed by atoms with Crippen molar-refractivity contribution in [2.75, 3.05) is 0 Å². The van der Waals surface area contributed by atoms with E-state index in [4.69, 9.17) is 4.42 Å². The first-order chi connectivity index (χ1) is 7.44. The molecule has 0 radical (unpaired) electrons. The van der Waals surface area contributed by atoms with Gasteiger partial charge in [-0.25, -0.2) is 4.79 Å². The van der Waals surface area contributed by atoms with Gasteiger partial charge in [0.25, 0.3) is 0 Å². The van der Waals surface area contributed by atoms with E-state index < -0.39 is 13.4 Å². The van der Waals surface area contributed by atoms with Crippen molar-refractivity contribution in [3.05, 3.63) is 40.8 Å². The predicted octanol–water partition coefficient (Wildman–Crippen LogP) is -5.99. The molecule has 0 aliphatic rings. The molecule has 0 unspecified atom stereocenters. The van der Waals surface area contributed by atoms with Gasteiger partial charge in [-0.1, -0.05) is 0 Å². The van der Waals surface area contributed by atoms with Gasteiger partial charge in [0.05, 0.1) is 0 Å². The molecule has 0 spiro atoms. The summed E-state index contributed by atoms with van der Waals surface area (Å²) in [4.78, 5) is 31.6. The zero-order valence-electron chi connectivity index (χ0n) is 9.78. The fraction of sp³-hybridized carbons (Fsp3) is 0. The van der Waals surface area contributed by atoms with E-state index in [1.54, 1.807) is 0 Å². The normalized spacial score (nSPS) is 10.3. The van der Waals surface area contributed by atoms with E-state index in [-0.39, 0.29) is 70.4 Å². The van der Waals surface area contributed by atoms with Crippen LogP contribution in [0.15, 0.2) is 39.5 Å². The molecule has 0 saturated carbocycles. The number of benzene rings is 1. The molecule has 0 fully saturated rings. The van der Waals surface area contributed by atoms with Crippen molar-refractivity contribution in [1.29, 1.82) is 0 Å². The molecule has 2 aromatic rings. The third kappa shape index (κ3) is 5.17. The van der Waals surface area contributed by atoms with Crippen LogP contribution in [0.5, 0.6) is 5.75 Å². The number of hydrogen-bond donors (Lipinski definition) is 0. The van der Waals surface area contributed by atoms with Gasteiger partial charge in [-0.05, 0) is 18.2 Å². The summed E-state index contributed by atoms with van der Waals surface area (Å²) in [5, 5.41) is 0.596. The van der Waals surface area contributed by atoms with E-state index in [1.807, 2.05) is 0 Å². The molecule has 1 aromatic carbocycles. The van der Waals surface area contributed by atoms with Gasteiger partial charge in [0.1, 0.15) is 19.2 Å². The van der Waals surface area contributed by atoms with Crippen molar-refractivity contribution in [1.82, 2.24) is 0 Å². The molecule has 0 aliphatic heterocycles. The van der Waals surface area contributed by atoms with Crippen LogP contribution in [0, 0.1) is 0 Å². The monoisotopic (exact) mass is 286 g/mol. The molecule has 0 saturated heterocycles. The minimum Gasteiger partial charge on any atom is -0.780 e. The van der Waals surface area contributed by atoms with Gasteiger partial charge in [0.15, 0.2) is 0 Å². The Hall–Kier alpha value is 0.380. The molecule has 9 heteroatoms. The number of phosphoric acid groups is 1. The summed E-state index contributed by atoms with van der Waals surface area (Å²) in [6.45, 7) is 0. The minimum absolute atomic E-state index is 0. The van der Waals surface area contributed by atoms with Crippen LogP contribution in [0.1, 0.15) is 0 Å². The topological polar surface area (TPSA) is 103 Å². The van der Waals surface area contributed by atoms with Crippen LogP contribution in [0.4, 0.5) is 0 Å². The van der Waals surface area contributed by atoms with Gasteiger partial charge in [-0.15, -0.1) is 0 Å². The van der Waals surface area contributed by atoms with Gasteiger partial charge in [0.2, 0.25) is 0 Å². The van der Waals surface area contributed by atoms with Crippen LogP contribution in [0.3, 0.4) is 0 Å². The van der Waals surface area contributed by atoms with Gasteiger partial charge in [0, 0.05) is 17.5 Å². The number of fused-ring (bicyclic) bond motifs is 1. The Morgan fingerprint density at radius 3 is 2.33 bits per heavy atom. The fourth-order valence-corrected chi connectivity index (χ4v) is 1.60. The minimum atomic E-state index is -5.10. The molecule has 0 amide bonds. The fourth-order valence-electron chi connectivity index (χ4n) is 1.23. The van der Waals surface area contributed by atoms with Crippen LogP contribution < -0.4 is 79.1 Å². The third-order valence-electron chi connectivity index (χ3n) is 1.81. The first-order valence-electron chi connectivity index (χ1n) is 4.20. The second-order valence-corrected chi connectivity index (χ2v) is 4.07. The van der Waals surface area contributed by atoms with Gasteiger partial charge in [-0.3, -0.25) is 0 Å². The van der Waals surface area contributed by atoms with E-state index in [2.05, 4.69) is 4.52 Å². The van der Waals surface area contributed by atoms with Gasteiger partial charge < -0.3 is 23.3 Å². The Labute approximate surface area is 146 Å². The molecular weight excluding hydrogens is 281 g/mol. The molecule has 1 aromatic heterocycles. The molecule has 84 valence electrons. The Bertz CT molecular complexity index is 634. The van der Waals surface area contributed by atoms with Crippen LogP contribution in [0.25, 0.3) is 11.0 Å². The van der Waals surface area contributed by atoms with Crippen LogP contribution >= 0.6 is 7.82 Å². The Morgan fingerprint density at radius 1 is 1.11 bits per heavy atom. The van der Waals surface area contributed by atoms with Crippen molar-refractivity contribution >= 4 is 18.8 Å². The maximum atomic E-state index is 10.9. The van der Waals surface area contributed by atoms with Crippen LogP contribution in [-0.2, 0) is 4.57 Å². The molecule has 6 nitrogen and oxygen atoms in total. The first-order valence-corrected chi connectivity index (χ1v) is 5.66. The second-order valence-electron chi connectivity index (χ2n) is 2.99. The van der Waals surface area contributed by atoms with Crippen LogP contribution in [-0.4, -0.2) is 0 Å². The second kappa shape index (κ2) is 7.24. The molecule has 0 atom stereocenters. The molecule has 0 N–H and O–H groups in total. The molecule has 0 aliphatic carbocycles. The largest absolute Gasteiger partial charge is 1.00 e. The smallest absolute Gasteiger partial charge is 0.780 e. The van der Waals surface area contributed by atoms with Gasteiger partial charge in [-0.2, -0.15) is 0 Å². The summed E-state index contributed by atoms with van der Waals surface area (Å²) < 4.78 is 19.3. The maximum Gasteiger partial charge on any atom is 1.00 e. The quantitative estimate of drug-likeness (QED) is 0.309. The standard InChI is InChI=1S/C9H7O6P.2Na/c10-9-4-2-6-1-3-7(5-8(6)14-9)15-16(11,12)13;;/h1-5H,(H2,11,12,13);;/q;2*+1/p-2. The van der Waals surface area contributed by atoms with Crippen molar-refractivity contribution in [2.45, 2.75) is 0 Å². The van der Waals surface area contributed by atoms with Crippen molar-refractivity contribution in [2.24, 2.45) is 0 Å². The average Bonchev–Trinajstić information content (AvgIpc) is 2.14. The maximum absolute atomic E-state index is 10.9.